The quantitative estimate of drug-likeness (QED) is 0.372. The van der Waals surface area contributed by atoms with Crippen molar-refractivity contribution >= 4 is 27.3 Å². The summed E-state index contributed by atoms with van der Waals surface area (Å²) in [6, 6.07) is 7.24. The number of aryl methyl sites for hydroxylation is 3. The molecule has 0 amide bonds. The molecule has 35 heavy (non-hydrogen) atoms. The van der Waals surface area contributed by atoms with Crippen molar-refractivity contribution in [3.05, 3.63) is 46.9 Å². The Bertz CT molecular complexity index is 1530. The maximum absolute atomic E-state index is 12.7. The number of H-pyrrole nitrogens is 1. The monoisotopic (exact) mass is 499 g/mol. The molecule has 0 spiro atoms. The minimum atomic E-state index is -4.01. The van der Waals surface area contributed by atoms with Crippen molar-refractivity contribution < 1.29 is 17.9 Å². The Morgan fingerprint density at radius 3 is 2.43 bits per heavy atom. The first-order chi connectivity index (χ1) is 16.4. The second kappa shape index (κ2) is 8.84. The summed E-state index contributed by atoms with van der Waals surface area (Å²) in [7, 11) is -2.86. The first-order valence-corrected chi connectivity index (χ1v) is 12.7. The molecular formula is C23H29N7O4S. The number of rotatable bonds is 7. The highest BCUT2D eigenvalue weighted by atomic mass is 32.2. The van der Waals surface area contributed by atoms with E-state index in [1.165, 1.54) is 6.92 Å². The molecule has 12 heteroatoms. The summed E-state index contributed by atoms with van der Waals surface area (Å²) >= 11 is 0. The fourth-order valence-corrected chi connectivity index (χ4v) is 4.88. The Morgan fingerprint density at radius 2 is 1.83 bits per heavy atom. The van der Waals surface area contributed by atoms with E-state index in [1.54, 1.807) is 23.7 Å². The maximum Gasteiger partial charge on any atom is 0.325 e. The molecule has 1 aromatic carbocycles. The third-order valence-electron chi connectivity index (χ3n) is 5.85. The Morgan fingerprint density at radius 1 is 1.11 bits per heavy atom. The van der Waals surface area contributed by atoms with Crippen molar-refractivity contribution in [3.8, 4) is 17.1 Å². The number of methoxy groups -OCH3 is 1. The number of sulfonamides is 1. The molecule has 11 nitrogen and oxygen atoms in total. The van der Waals surface area contributed by atoms with Crippen LogP contribution >= 0.6 is 0 Å². The maximum atomic E-state index is 12.7. The lowest BCUT2D eigenvalue weighted by molar-refractivity contribution is -0.139. The van der Waals surface area contributed by atoms with Crippen molar-refractivity contribution in [3.63, 3.8) is 0 Å². The van der Waals surface area contributed by atoms with Gasteiger partial charge in [-0.3, -0.25) is 14.6 Å². The Hall–Kier alpha value is -3.67. The molecular weight excluding hydrogens is 470 g/mol. The van der Waals surface area contributed by atoms with Gasteiger partial charge in [0.25, 0.3) is 0 Å². The fraction of sp³-hybridized carbons (Fsp3) is 0.391. The SMILES string of the molecule is COC(=O)C(C)S(=O)(=O)Nc1cc(-c2nc3c(-n4nc(C)cc4C)c(C(C)C)[nH]n3n2)ccc1C. The molecule has 2 N–H and O–H groups in total. The number of hydrogen-bond donors (Lipinski definition) is 2. The van der Waals surface area contributed by atoms with Crippen molar-refractivity contribution in [2.24, 2.45) is 0 Å². The molecule has 186 valence electrons. The smallest absolute Gasteiger partial charge is 0.325 e. The highest BCUT2D eigenvalue weighted by molar-refractivity contribution is 7.94. The van der Waals surface area contributed by atoms with Gasteiger partial charge in [0.2, 0.25) is 15.7 Å². The zero-order valence-electron chi connectivity index (χ0n) is 20.7. The van der Waals surface area contributed by atoms with Gasteiger partial charge in [0.05, 0.1) is 24.2 Å². The minimum absolute atomic E-state index is 0.179. The number of hydrogen-bond acceptors (Lipinski definition) is 7. The van der Waals surface area contributed by atoms with Crippen LogP contribution in [0.2, 0.25) is 0 Å². The summed E-state index contributed by atoms with van der Waals surface area (Å²) in [5.74, 6) is -0.247. The number of aromatic nitrogens is 6. The van der Waals surface area contributed by atoms with Crippen LogP contribution in [-0.4, -0.2) is 56.3 Å². The summed E-state index contributed by atoms with van der Waals surface area (Å²) < 4.78 is 35.9. The number of aromatic amines is 1. The summed E-state index contributed by atoms with van der Waals surface area (Å²) in [5, 5.41) is 11.2. The normalized spacial score (nSPS) is 12.9. The largest absolute Gasteiger partial charge is 0.468 e. The van der Waals surface area contributed by atoms with E-state index in [-0.39, 0.29) is 5.92 Å². The molecule has 0 saturated heterocycles. The van der Waals surface area contributed by atoms with Gasteiger partial charge in [-0.25, -0.2) is 18.1 Å². The molecule has 0 aliphatic rings. The van der Waals surface area contributed by atoms with E-state index in [0.29, 0.717) is 28.3 Å². The van der Waals surface area contributed by atoms with Gasteiger partial charge in [-0.05, 0) is 51.3 Å². The fourth-order valence-electron chi connectivity index (χ4n) is 3.83. The number of carbonyl (C=O) groups is 1. The first-order valence-electron chi connectivity index (χ1n) is 11.2. The van der Waals surface area contributed by atoms with Gasteiger partial charge in [-0.1, -0.05) is 26.0 Å². The zero-order valence-corrected chi connectivity index (χ0v) is 21.6. The standard InChI is InChI=1S/C23H29N7O4S/c1-12(2)19-20(29-15(5)10-14(4)25-29)22-24-21(27-30(22)26-19)17-9-8-13(3)18(11-17)28-35(32,33)16(6)23(31)34-7/h8-12,16,26,28H,1-7H3. The van der Waals surface area contributed by atoms with Crippen molar-refractivity contribution in [2.75, 3.05) is 11.8 Å². The van der Waals surface area contributed by atoms with E-state index in [4.69, 9.17) is 4.98 Å². The van der Waals surface area contributed by atoms with Gasteiger partial charge >= 0.3 is 5.97 Å². The second-order valence-corrected chi connectivity index (χ2v) is 10.9. The van der Waals surface area contributed by atoms with Gasteiger partial charge in [-0.15, -0.1) is 5.10 Å². The molecule has 0 aliphatic carbocycles. The first kappa shape index (κ1) is 24.5. The number of anilines is 1. The van der Waals surface area contributed by atoms with Crippen LogP contribution in [0.3, 0.4) is 0 Å². The van der Waals surface area contributed by atoms with E-state index in [0.717, 1.165) is 29.9 Å². The summed E-state index contributed by atoms with van der Waals surface area (Å²) in [5.41, 5.74) is 5.88. The lowest BCUT2D eigenvalue weighted by atomic mass is 10.1. The highest BCUT2D eigenvalue weighted by Gasteiger charge is 2.29. The van der Waals surface area contributed by atoms with Gasteiger partial charge in [0.15, 0.2) is 11.1 Å². The Labute approximate surface area is 203 Å². The average molecular weight is 500 g/mol. The van der Waals surface area contributed by atoms with Crippen LogP contribution < -0.4 is 4.72 Å². The van der Waals surface area contributed by atoms with E-state index in [1.807, 2.05) is 30.7 Å². The van der Waals surface area contributed by atoms with E-state index >= 15 is 0 Å². The second-order valence-electron chi connectivity index (χ2n) is 8.88. The average Bonchev–Trinajstić information content (AvgIpc) is 3.45. The molecule has 3 aromatic heterocycles. The summed E-state index contributed by atoms with van der Waals surface area (Å²) in [4.78, 5) is 16.5. The Balaban J connectivity index is 1.78. The van der Waals surface area contributed by atoms with Crippen molar-refractivity contribution in [2.45, 2.75) is 52.7 Å². The molecule has 0 aliphatic heterocycles. The van der Waals surface area contributed by atoms with Gasteiger partial charge in [-0.2, -0.15) is 9.73 Å². The number of esters is 1. The van der Waals surface area contributed by atoms with Gasteiger partial charge < -0.3 is 4.74 Å². The van der Waals surface area contributed by atoms with E-state index in [9.17, 15) is 13.2 Å². The predicted molar refractivity (Wildman–Crippen MR) is 132 cm³/mol. The van der Waals surface area contributed by atoms with Gasteiger partial charge in [0.1, 0.15) is 5.69 Å². The van der Waals surface area contributed by atoms with Crippen LogP contribution in [-0.2, 0) is 19.6 Å². The number of fused-ring (bicyclic) bond motifs is 1. The number of nitrogens with one attached hydrogen (secondary N) is 2. The topological polar surface area (TPSA) is 136 Å². The number of ether oxygens (including phenoxy) is 1. The van der Waals surface area contributed by atoms with Crippen LogP contribution in [0.5, 0.6) is 0 Å². The van der Waals surface area contributed by atoms with Crippen LogP contribution in [0.15, 0.2) is 24.3 Å². The molecule has 4 rings (SSSR count). The van der Waals surface area contributed by atoms with Crippen molar-refractivity contribution in [1.29, 1.82) is 0 Å². The van der Waals surface area contributed by atoms with Crippen molar-refractivity contribution in [1.82, 2.24) is 29.6 Å². The lowest BCUT2D eigenvalue weighted by Crippen LogP contribution is -2.33. The third-order valence-corrected chi connectivity index (χ3v) is 7.47. The van der Waals surface area contributed by atoms with Crippen LogP contribution in [0.1, 0.15) is 49.3 Å². The highest BCUT2D eigenvalue weighted by Crippen LogP contribution is 2.30. The van der Waals surface area contributed by atoms with Crippen LogP contribution in [0.4, 0.5) is 5.69 Å². The number of nitrogens with zero attached hydrogens (tertiary/aromatic N) is 5. The minimum Gasteiger partial charge on any atom is -0.468 e. The Kier molecular flexibility index (Phi) is 6.18. The number of carbonyl (C=O) groups excluding carboxylic acids is 1. The predicted octanol–water partition coefficient (Wildman–Crippen LogP) is 3.26. The molecule has 4 aromatic rings. The number of benzene rings is 1. The summed E-state index contributed by atoms with van der Waals surface area (Å²) in [6.45, 7) is 11.1. The summed E-state index contributed by atoms with van der Waals surface area (Å²) in [6.07, 6.45) is 0. The molecule has 0 bridgehead atoms. The molecule has 3 heterocycles. The van der Waals surface area contributed by atoms with Gasteiger partial charge in [0, 0.05) is 11.3 Å². The third kappa shape index (κ3) is 4.41. The molecule has 1 atom stereocenters. The lowest BCUT2D eigenvalue weighted by Gasteiger charge is -2.15. The molecule has 0 saturated carbocycles. The molecule has 0 fully saturated rings. The molecule has 1 unspecified atom stereocenters. The van der Waals surface area contributed by atoms with Crippen LogP contribution in [0, 0.1) is 20.8 Å². The van der Waals surface area contributed by atoms with Crippen LogP contribution in [0.25, 0.3) is 22.7 Å². The van der Waals surface area contributed by atoms with E-state index in [2.05, 4.69) is 38.6 Å². The zero-order chi connectivity index (χ0) is 25.7. The molecule has 0 radical (unpaired) electrons. The van der Waals surface area contributed by atoms with E-state index < -0.39 is 21.2 Å².